The normalized spacial score (nSPS) is 11.7. The van der Waals surface area contributed by atoms with Crippen LogP contribution in [0, 0.1) is 0 Å². The topological polar surface area (TPSA) is 34.6 Å². The molecule has 0 aliphatic carbocycles. The van der Waals surface area contributed by atoms with Crippen LogP contribution < -0.4 is 0 Å². The lowest BCUT2D eigenvalue weighted by Gasteiger charge is -2.19. The van der Waals surface area contributed by atoms with Crippen molar-refractivity contribution in [2.24, 2.45) is 0 Å². The number of fused-ring (bicyclic) bond motifs is 6. The first-order valence-corrected chi connectivity index (χ1v) is 26.0. The minimum Gasteiger partial charge on any atom is -0.299 e. The van der Waals surface area contributed by atoms with Crippen LogP contribution in [0.2, 0.25) is 0 Å². The summed E-state index contributed by atoms with van der Waals surface area (Å²) >= 11 is 0. The number of aromatic nitrogens is 4. The highest BCUT2D eigenvalue weighted by molar-refractivity contribution is 6.23. The predicted octanol–water partition coefficient (Wildman–Crippen LogP) is 18.9. The lowest BCUT2D eigenvalue weighted by Crippen LogP contribution is -1.93. The molecule has 354 valence electrons. The number of imidazole rings is 2. The summed E-state index contributed by atoms with van der Waals surface area (Å²) in [6, 6.07) is 96.5. The average Bonchev–Trinajstić information content (AvgIpc) is 4.16. The molecule has 0 atom stereocenters. The molecule has 0 bridgehead atoms. The zero-order valence-corrected chi connectivity index (χ0v) is 41.3. The molecule has 4 nitrogen and oxygen atoms in total. The molecule has 4 aromatic heterocycles. The van der Waals surface area contributed by atoms with Crippen molar-refractivity contribution in [3.8, 4) is 89.5 Å². The first-order chi connectivity index (χ1) is 37.7. The van der Waals surface area contributed by atoms with Crippen molar-refractivity contribution in [2.75, 3.05) is 0 Å². The summed E-state index contributed by atoms with van der Waals surface area (Å²) in [7, 11) is 0. The Bertz CT molecular complexity index is 4290. The van der Waals surface area contributed by atoms with E-state index in [0.717, 1.165) is 56.3 Å². The van der Waals surface area contributed by atoms with E-state index in [1.54, 1.807) is 0 Å². The number of hydrogen-bond donors (Lipinski definition) is 0. The molecule has 0 radical (unpaired) electrons. The molecule has 0 N–H and O–H groups in total. The number of rotatable bonds is 8. The first kappa shape index (κ1) is 43.4. The minimum atomic E-state index is 0.928. The van der Waals surface area contributed by atoms with Gasteiger partial charge in [-0.25, -0.2) is 9.97 Å². The maximum Gasteiger partial charge on any atom is 0.137 e. The Morgan fingerprint density at radius 2 is 0.434 bits per heavy atom. The van der Waals surface area contributed by atoms with Gasteiger partial charge in [0.15, 0.2) is 0 Å². The number of hydrogen-bond acceptors (Lipinski definition) is 2. The Morgan fingerprint density at radius 1 is 0.197 bits per heavy atom. The van der Waals surface area contributed by atoms with E-state index in [-0.39, 0.29) is 0 Å². The number of benzene rings is 11. The summed E-state index contributed by atoms with van der Waals surface area (Å²) in [6.07, 6.45) is 4.20. The molecular weight excluding hydrogens is 921 g/mol. The second-order valence-electron chi connectivity index (χ2n) is 19.6. The van der Waals surface area contributed by atoms with Crippen LogP contribution in [-0.2, 0) is 0 Å². The monoisotopic (exact) mass is 966 g/mol. The van der Waals surface area contributed by atoms with E-state index in [9.17, 15) is 0 Å². The van der Waals surface area contributed by atoms with E-state index in [1.807, 2.05) is 12.1 Å². The molecule has 11 aromatic carbocycles. The molecule has 0 amide bonds. The molecule has 0 saturated carbocycles. The van der Waals surface area contributed by atoms with E-state index in [4.69, 9.17) is 9.97 Å². The highest BCUT2D eigenvalue weighted by atomic mass is 15.0. The van der Waals surface area contributed by atoms with Gasteiger partial charge in [-0.2, -0.15) is 0 Å². The van der Waals surface area contributed by atoms with Crippen LogP contribution in [-0.4, -0.2) is 18.8 Å². The molecule has 0 unspecified atom stereocenters. The van der Waals surface area contributed by atoms with Crippen LogP contribution >= 0.6 is 0 Å². The molecule has 0 aliphatic heterocycles. The highest BCUT2D eigenvalue weighted by Crippen LogP contribution is 2.47. The molecule has 4 heteroatoms. The van der Waals surface area contributed by atoms with Gasteiger partial charge < -0.3 is 0 Å². The molecule has 4 heterocycles. The lowest BCUT2D eigenvalue weighted by molar-refractivity contribution is 1.19. The predicted molar refractivity (Wildman–Crippen MR) is 317 cm³/mol. The van der Waals surface area contributed by atoms with Crippen LogP contribution in [0.1, 0.15) is 0 Å². The van der Waals surface area contributed by atoms with Gasteiger partial charge in [0.25, 0.3) is 0 Å². The van der Waals surface area contributed by atoms with Crippen molar-refractivity contribution in [3.05, 3.63) is 279 Å². The molecule has 0 saturated heterocycles. The lowest BCUT2D eigenvalue weighted by atomic mass is 9.84. The van der Waals surface area contributed by atoms with Crippen molar-refractivity contribution in [2.45, 2.75) is 0 Å². The quantitative estimate of drug-likeness (QED) is 0.142. The first-order valence-electron chi connectivity index (χ1n) is 26.0. The second-order valence-corrected chi connectivity index (χ2v) is 19.6. The van der Waals surface area contributed by atoms with E-state index < -0.39 is 0 Å². The van der Waals surface area contributed by atoms with Gasteiger partial charge in [-0.05, 0) is 112 Å². The largest absolute Gasteiger partial charge is 0.299 e. The Hall–Kier alpha value is -10.2. The van der Waals surface area contributed by atoms with Gasteiger partial charge in [-0.3, -0.25) is 8.80 Å². The summed E-state index contributed by atoms with van der Waals surface area (Å²) in [4.78, 5) is 10.3. The van der Waals surface area contributed by atoms with E-state index in [2.05, 4.69) is 276 Å². The van der Waals surface area contributed by atoms with Crippen molar-refractivity contribution >= 4 is 54.4 Å². The van der Waals surface area contributed by atoms with E-state index in [1.165, 1.54) is 87.6 Å². The maximum absolute atomic E-state index is 5.17. The third-order valence-electron chi connectivity index (χ3n) is 15.4. The molecule has 15 aromatic rings. The second kappa shape index (κ2) is 17.8. The van der Waals surface area contributed by atoms with E-state index in [0.29, 0.717) is 0 Å². The standard InChI is InChI=1S/C72H46N4/c1-3-19-53(20-4-1)71-69(73-63-31-15-17-45-75(63)71)51-41-37-49(38-42-51)67-59-27-11-7-23-55(59)65(56-24-8-12-28-60(56)67)47-33-35-48(36-34-47)66-57-25-9-13-29-61(57)68(62-30-14-10-26-58(62)66)50-39-43-52(44-40-50)70-72(54-21-5-2-6-22-54)76-46-18-16-32-64(76)74-70/h1-46H. The van der Waals surface area contributed by atoms with Crippen molar-refractivity contribution in [1.82, 2.24) is 18.8 Å². The maximum atomic E-state index is 5.17. The molecule has 0 fully saturated rings. The van der Waals surface area contributed by atoms with E-state index >= 15 is 0 Å². The summed E-state index contributed by atoms with van der Waals surface area (Å²) in [5, 5.41) is 9.80. The zero-order valence-electron chi connectivity index (χ0n) is 41.3. The van der Waals surface area contributed by atoms with Crippen molar-refractivity contribution in [3.63, 3.8) is 0 Å². The van der Waals surface area contributed by atoms with Gasteiger partial charge in [0.05, 0.1) is 22.8 Å². The molecule has 76 heavy (non-hydrogen) atoms. The van der Waals surface area contributed by atoms with Gasteiger partial charge in [0.1, 0.15) is 11.3 Å². The Balaban J connectivity index is 0.822. The third kappa shape index (κ3) is 7.00. The number of pyridine rings is 2. The van der Waals surface area contributed by atoms with Crippen LogP contribution in [0.5, 0.6) is 0 Å². The molecule has 0 aliphatic rings. The fourth-order valence-corrected chi connectivity index (χ4v) is 12.0. The van der Waals surface area contributed by atoms with Crippen LogP contribution in [0.4, 0.5) is 0 Å². The zero-order chi connectivity index (χ0) is 50.1. The molecule has 15 rings (SSSR count). The van der Waals surface area contributed by atoms with Gasteiger partial charge in [-0.1, -0.05) is 243 Å². The van der Waals surface area contributed by atoms with Crippen molar-refractivity contribution < 1.29 is 0 Å². The van der Waals surface area contributed by atoms with Crippen LogP contribution in [0.3, 0.4) is 0 Å². The minimum absolute atomic E-state index is 0.928. The molecule has 0 spiro atoms. The number of nitrogens with zero attached hydrogens (tertiary/aromatic N) is 4. The summed E-state index contributed by atoms with van der Waals surface area (Å²) in [5.41, 5.74) is 20.1. The summed E-state index contributed by atoms with van der Waals surface area (Å²) in [6.45, 7) is 0. The van der Waals surface area contributed by atoms with Crippen LogP contribution in [0.15, 0.2) is 279 Å². The van der Waals surface area contributed by atoms with Gasteiger partial charge in [0.2, 0.25) is 0 Å². The Kier molecular flexibility index (Phi) is 10.2. The van der Waals surface area contributed by atoms with Gasteiger partial charge in [0, 0.05) is 34.6 Å². The SMILES string of the molecule is c1ccc(-c2c(-c3ccc(-c4c5ccccc5c(-c5ccc(-c6c7ccccc7c(-c7ccc(-c8nc9ccccn9c8-c8ccccc8)cc7)c7ccccc67)cc5)c5ccccc45)cc3)nc3ccccn23)cc1. The fourth-order valence-electron chi connectivity index (χ4n) is 12.0. The van der Waals surface area contributed by atoms with Crippen LogP contribution in [0.25, 0.3) is 144 Å². The Labute approximate surface area is 439 Å². The third-order valence-corrected chi connectivity index (χ3v) is 15.4. The Morgan fingerprint density at radius 3 is 0.711 bits per heavy atom. The molecular formula is C72H46N4. The van der Waals surface area contributed by atoms with Crippen molar-refractivity contribution in [1.29, 1.82) is 0 Å². The summed E-state index contributed by atoms with van der Waals surface area (Å²) < 4.78 is 4.38. The average molecular weight is 967 g/mol. The highest BCUT2D eigenvalue weighted by Gasteiger charge is 2.22. The van der Waals surface area contributed by atoms with Gasteiger partial charge in [-0.15, -0.1) is 0 Å². The van der Waals surface area contributed by atoms with Gasteiger partial charge >= 0.3 is 0 Å². The smallest absolute Gasteiger partial charge is 0.137 e. The summed E-state index contributed by atoms with van der Waals surface area (Å²) in [5.74, 6) is 0. The fraction of sp³-hybridized carbons (Fsp3) is 0.